The van der Waals surface area contributed by atoms with E-state index in [0.717, 1.165) is 16.5 Å². The fourth-order valence-corrected chi connectivity index (χ4v) is 2.85. The monoisotopic (exact) mass is 363 g/mol. The fourth-order valence-electron chi connectivity index (χ4n) is 2.59. The van der Waals surface area contributed by atoms with E-state index in [9.17, 15) is 9.90 Å². The second kappa shape index (κ2) is 8.94. The first-order valence-corrected chi connectivity index (χ1v) is 8.62. The zero-order valence-corrected chi connectivity index (χ0v) is 15.7. The molecule has 136 valence electrons. The molecule has 0 atom stereocenters. The Morgan fingerprint density at radius 2 is 2.04 bits per heavy atom. The lowest BCUT2D eigenvalue weighted by atomic mass is 10.0. The van der Waals surface area contributed by atoms with Gasteiger partial charge in [0, 0.05) is 31.3 Å². The Balaban J connectivity index is 2.26. The topological polar surface area (TPSA) is 77.6 Å². The average Bonchev–Trinajstić information content (AvgIpc) is 2.57. The number of aliphatic hydroxyl groups is 1. The molecule has 0 bridgehead atoms. The number of rotatable bonds is 7. The highest BCUT2D eigenvalue weighted by molar-refractivity contribution is 7.80. The molecule has 0 saturated carbocycles. The molecule has 25 heavy (non-hydrogen) atoms. The van der Waals surface area contributed by atoms with Gasteiger partial charge in [-0.2, -0.15) is 0 Å². The highest BCUT2D eigenvalue weighted by Crippen LogP contribution is 2.17. The number of benzene rings is 1. The number of H-pyrrole nitrogens is 1. The van der Waals surface area contributed by atoms with E-state index in [1.165, 1.54) is 5.56 Å². The van der Waals surface area contributed by atoms with Crippen molar-refractivity contribution >= 4 is 28.2 Å². The Labute approximate surface area is 152 Å². The smallest absolute Gasteiger partial charge is 0.253 e. The largest absolute Gasteiger partial charge is 0.395 e. The average molecular weight is 363 g/mol. The van der Waals surface area contributed by atoms with Crippen LogP contribution in [0.25, 0.3) is 10.9 Å². The van der Waals surface area contributed by atoms with Gasteiger partial charge < -0.3 is 25.0 Å². The van der Waals surface area contributed by atoms with Crippen LogP contribution >= 0.6 is 12.2 Å². The van der Waals surface area contributed by atoms with Gasteiger partial charge >= 0.3 is 0 Å². The van der Waals surface area contributed by atoms with Gasteiger partial charge in [-0.15, -0.1) is 0 Å². The number of nitrogens with zero attached hydrogens (tertiary/aromatic N) is 1. The van der Waals surface area contributed by atoms with Crippen LogP contribution in [0.4, 0.5) is 0 Å². The Bertz CT molecular complexity index is 804. The van der Waals surface area contributed by atoms with E-state index in [2.05, 4.69) is 16.4 Å². The fraction of sp³-hybridized carbons (Fsp3) is 0.444. The number of aryl methyl sites for hydroxylation is 2. The van der Waals surface area contributed by atoms with Gasteiger partial charge in [0.05, 0.1) is 19.8 Å². The number of aliphatic hydroxyl groups excluding tert-OH is 1. The first-order chi connectivity index (χ1) is 12.0. The van der Waals surface area contributed by atoms with Gasteiger partial charge in [-0.1, -0.05) is 0 Å². The van der Waals surface area contributed by atoms with Gasteiger partial charge in [0.2, 0.25) is 0 Å². The maximum Gasteiger partial charge on any atom is 0.253 e. The molecule has 0 aliphatic carbocycles. The van der Waals surface area contributed by atoms with Gasteiger partial charge in [0.25, 0.3) is 5.56 Å². The SMILES string of the molecule is COCCNC(=S)N(CCO)Cc1cc2cc(C)c(C)cc2[nH]c1=O. The number of fused-ring (bicyclic) bond motifs is 1. The second-order valence-electron chi connectivity index (χ2n) is 6.02. The third-order valence-electron chi connectivity index (χ3n) is 4.14. The molecular formula is C18H25N3O3S. The standard InChI is InChI=1S/C18H25N3O3S/c1-12-8-14-10-15(17(23)20-16(14)9-13(12)2)11-21(5-6-22)18(25)19-4-7-24-3/h8-10,22H,4-7,11H2,1-3H3,(H,19,25)(H,20,23). The summed E-state index contributed by atoms with van der Waals surface area (Å²) in [6.07, 6.45) is 0. The molecule has 1 aromatic heterocycles. The van der Waals surface area contributed by atoms with Crippen molar-refractivity contribution < 1.29 is 9.84 Å². The lowest BCUT2D eigenvalue weighted by Crippen LogP contribution is -2.42. The molecule has 0 aliphatic heterocycles. The Kier molecular flexibility index (Phi) is 6.92. The summed E-state index contributed by atoms with van der Waals surface area (Å²) in [5, 5.41) is 13.9. The van der Waals surface area contributed by atoms with E-state index < -0.39 is 0 Å². The predicted molar refractivity (Wildman–Crippen MR) is 104 cm³/mol. The lowest BCUT2D eigenvalue weighted by Gasteiger charge is -2.25. The number of aromatic nitrogens is 1. The summed E-state index contributed by atoms with van der Waals surface area (Å²) >= 11 is 5.37. The minimum atomic E-state index is -0.140. The number of methoxy groups -OCH3 is 1. The Morgan fingerprint density at radius 3 is 2.72 bits per heavy atom. The number of hydrogen-bond acceptors (Lipinski definition) is 4. The number of aromatic amines is 1. The van der Waals surface area contributed by atoms with Crippen LogP contribution in [0.1, 0.15) is 16.7 Å². The normalized spacial score (nSPS) is 10.9. The number of ether oxygens (including phenoxy) is 1. The summed E-state index contributed by atoms with van der Waals surface area (Å²) in [4.78, 5) is 17.1. The summed E-state index contributed by atoms with van der Waals surface area (Å²) in [6, 6.07) is 5.94. The number of thiocarbonyl (C=S) groups is 1. The van der Waals surface area contributed by atoms with Crippen LogP contribution in [0.5, 0.6) is 0 Å². The molecule has 3 N–H and O–H groups in total. The van der Waals surface area contributed by atoms with Crippen molar-refractivity contribution in [1.82, 2.24) is 15.2 Å². The highest BCUT2D eigenvalue weighted by atomic mass is 32.1. The van der Waals surface area contributed by atoms with Crippen molar-refractivity contribution in [1.29, 1.82) is 0 Å². The minimum Gasteiger partial charge on any atom is -0.395 e. The number of hydrogen-bond donors (Lipinski definition) is 3. The zero-order valence-electron chi connectivity index (χ0n) is 14.9. The summed E-state index contributed by atoms with van der Waals surface area (Å²) < 4.78 is 4.99. The van der Waals surface area contributed by atoms with Gasteiger partial charge in [-0.3, -0.25) is 4.79 Å². The summed E-state index contributed by atoms with van der Waals surface area (Å²) in [5.41, 5.74) is 3.61. The molecule has 0 saturated heterocycles. The molecule has 7 heteroatoms. The molecule has 1 aromatic carbocycles. The Hall–Kier alpha value is -1.96. The highest BCUT2D eigenvalue weighted by Gasteiger charge is 2.13. The number of pyridine rings is 1. The van der Waals surface area contributed by atoms with E-state index in [0.29, 0.717) is 36.9 Å². The molecule has 0 unspecified atom stereocenters. The molecule has 0 amide bonds. The molecule has 1 heterocycles. The second-order valence-corrected chi connectivity index (χ2v) is 6.40. The molecule has 6 nitrogen and oxygen atoms in total. The van der Waals surface area contributed by atoms with Crippen LogP contribution in [0, 0.1) is 13.8 Å². The van der Waals surface area contributed by atoms with Crippen LogP contribution in [0.15, 0.2) is 23.0 Å². The van der Waals surface area contributed by atoms with Crippen LogP contribution in [0.2, 0.25) is 0 Å². The third kappa shape index (κ3) is 5.01. The van der Waals surface area contributed by atoms with Gasteiger partial charge in [0.15, 0.2) is 5.11 Å². The molecule has 2 aromatic rings. The van der Waals surface area contributed by atoms with Crippen molar-refractivity contribution in [3.8, 4) is 0 Å². The molecular weight excluding hydrogens is 338 g/mol. The van der Waals surface area contributed by atoms with Crippen molar-refractivity contribution in [3.05, 3.63) is 45.2 Å². The molecule has 0 spiro atoms. The molecule has 0 aliphatic rings. The van der Waals surface area contributed by atoms with Gasteiger partial charge in [-0.25, -0.2) is 0 Å². The molecule has 0 fully saturated rings. The van der Waals surface area contributed by atoms with Crippen LogP contribution in [-0.4, -0.2) is 53.5 Å². The Morgan fingerprint density at radius 1 is 1.32 bits per heavy atom. The van der Waals surface area contributed by atoms with E-state index in [4.69, 9.17) is 17.0 Å². The van der Waals surface area contributed by atoms with Crippen LogP contribution in [0.3, 0.4) is 0 Å². The van der Waals surface area contributed by atoms with E-state index >= 15 is 0 Å². The maximum absolute atomic E-state index is 12.4. The predicted octanol–water partition coefficient (Wildman–Crippen LogP) is 1.46. The minimum absolute atomic E-state index is 0.0457. The van der Waals surface area contributed by atoms with E-state index in [1.54, 1.807) is 12.0 Å². The third-order valence-corrected chi connectivity index (χ3v) is 4.54. The molecule has 2 rings (SSSR count). The number of nitrogens with one attached hydrogen (secondary N) is 2. The summed E-state index contributed by atoms with van der Waals surface area (Å²) in [7, 11) is 1.62. The summed E-state index contributed by atoms with van der Waals surface area (Å²) in [6.45, 7) is 5.81. The lowest BCUT2D eigenvalue weighted by molar-refractivity contribution is 0.201. The van der Waals surface area contributed by atoms with Crippen molar-refractivity contribution in [2.45, 2.75) is 20.4 Å². The van der Waals surface area contributed by atoms with Crippen LogP contribution < -0.4 is 10.9 Å². The van der Waals surface area contributed by atoms with Crippen molar-refractivity contribution in [2.24, 2.45) is 0 Å². The quantitative estimate of drug-likeness (QED) is 0.511. The first-order valence-electron chi connectivity index (χ1n) is 8.22. The van der Waals surface area contributed by atoms with Gasteiger partial charge in [0.1, 0.15) is 0 Å². The zero-order chi connectivity index (χ0) is 18.4. The van der Waals surface area contributed by atoms with Crippen molar-refractivity contribution in [2.75, 3.05) is 33.4 Å². The molecule has 0 radical (unpaired) electrons. The van der Waals surface area contributed by atoms with E-state index in [-0.39, 0.29) is 12.2 Å². The van der Waals surface area contributed by atoms with E-state index in [1.807, 2.05) is 26.0 Å². The maximum atomic E-state index is 12.4. The summed E-state index contributed by atoms with van der Waals surface area (Å²) in [5.74, 6) is 0. The van der Waals surface area contributed by atoms with Crippen molar-refractivity contribution in [3.63, 3.8) is 0 Å². The first kappa shape index (κ1) is 19.4. The van der Waals surface area contributed by atoms with Gasteiger partial charge in [-0.05, 0) is 60.8 Å². The van der Waals surface area contributed by atoms with Crippen LogP contribution in [-0.2, 0) is 11.3 Å².